The maximum absolute atomic E-state index is 11.6. The minimum absolute atomic E-state index is 0.708. The van der Waals surface area contributed by atoms with E-state index in [1.54, 1.807) is 6.26 Å². The van der Waals surface area contributed by atoms with Gasteiger partial charge in [0, 0.05) is 5.75 Å². The van der Waals surface area contributed by atoms with E-state index >= 15 is 0 Å². The lowest BCUT2D eigenvalue weighted by Gasteiger charge is -1.97. The van der Waals surface area contributed by atoms with E-state index in [0.29, 0.717) is 5.92 Å². The highest BCUT2D eigenvalue weighted by atomic mass is 32.2. The van der Waals surface area contributed by atoms with E-state index in [-0.39, 0.29) is 0 Å². The number of hydrogen-bond donors (Lipinski definition) is 0. The first-order valence-electron chi connectivity index (χ1n) is 4.20. The first kappa shape index (κ1) is 8.05. The molecule has 0 bridgehead atoms. The predicted molar refractivity (Wildman–Crippen MR) is 47.4 cm³/mol. The van der Waals surface area contributed by atoms with Crippen molar-refractivity contribution in [2.24, 2.45) is 5.92 Å². The van der Waals surface area contributed by atoms with Gasteiger partial charge in [0.2, 0.25) is 0 Å². The third-order valence-corrected chi connectivity index (χ3v) is 3.83. The molecule has 1 aromatic heterocycles. The summed E-state index contributed by atoms with van der Waals surface area (Å²) in [7, 11) is -0.825. The molecule has 0 amide bonds. The van der Waals surface area contributed by atoms with Crippen LogP contribution < -0.4 is 0 Å². The zero-order chi connectivity index (χ0) is 8.55. The van der Waals surface area contributed by atoms with E-state index in [0.717, 1.165) is 16.4 Å². The normalized spacial score (nSPS) is 19.4. The van der Waals surface area contributed by atoms with E-state index in [4.69, 9.17) is 4.42 Å². The number of rotatable bonds is 3. The minimum atomic E-state index is -0.825. The lowest BCUT2D eigenvalue weighted by Crippen LogP contribution is -1.99. The molecule has 2 nitrogen and oxygen atoms in total. The largest absolute Gasteiger partial charge is 0.468 e. The molecule has 1 fully saturated rings. The molecule has 0 N–H and O–H groups in total. The zero-order valence-corrected chi connectivity index (χ0v) is 7.89. The molecule has 3 heteroatoms. The Morgan fingerprint density at radius 3 is 2.92 bits per heavy atom. The summed E-state index contributed by atoms with van der Waals surface area (Å²) in [5.41, 5.74) is 0. The van der Waals surface area contributed by atoms with Gasteiger partial charge in [0.1, 0.15) is 5.76 Å². The van der Waals surface area contributed by atoms with Crippen molar-refractivity contribution in [3.05, 3.63) is 18.1 Å². The molecular weight excluding hydrogens is 172 g/mol. The summed E-state index contributed by atoms with van der Waals surface area (Å²) in [6, 6.07) is 1.81. The van der Waals surface area contributed by atoms with Crippen molar-refractivity contribution >= 4 is 10.8 Å². The molecule has 1 atom stereocenters. The van der Waals surface area contributed by atoms with E-state index in [1.807, 2.05) is 13.0 Å². The Balaban J connectivity index is 2.07. The monoisotopic (exact) mass is 184 g/mol. The standard InChI is InChI=1S/C9H12O2S/c1-7-9(4-5-11-7)12(10)6-8-2-3-8/h4-5,8H,2-3,6H2,1H3. The number of aryl methyl sites for hydroxylation is 1. The van der Waals surface area contributed by atoms with E-state index in [1.165, 1.54) is 12.8 Å². The molecule has 1 heterocycles. The zero-order valence-electron chi connectivity index (χ0n) is 7.08. The lowest BCUT2D eigenvalue weighted by atomic mass is 10.5. The number of hydrogen-bond acceptors (Lipinski definition) is 2. The van der Waals surface area contributed by atoms with Crippen LogP contribution in [0.15, 0.2) is 21.6 Å². The Hall–Kier alpha value is -0.570. The summed E-state index contributed by atoms with van der Waals surface area (Å²) in [5.74, 6) is 2.33. The molecule has 0 saturated heterocycles. The second-order valence-electron chi connectivity index (χ2n) is 3.30. The maximum Gasteiger partial charge on any atom is 0.116 e. The number of furan rings is 1. The van der Waals surface area contributed by atoms with Gasteiger partial charge < -0.3 is 4.42 Å². The highest BCUT2D eigenvalue weighted by Gasteiger charge is 2.25. The average molecular weight is 184 g/mol. The molecule has 1 aliphatic rings. The van der Waals surface area contributed by atoms with Crippen LogP contribution >= 0.6 is 0 Å². The summed E-state index contributed by atoms with van der Waals surface area (Å²) >= 11 is 0. The third-order valence-electron chi connectivity index (χ3n) is 2.14. The molecule has 66 valence electrons. The molecule has 1 aromatic rings. The molecule has 0 radical (unpaired) electrons. The summed E-state index contributed by atoms with van der Waals surface area (Å²) in [4.78, 5) is 0.877. The van der Waals surface area contributed by atoms with E-state index in [9.17, 15) is 4.21 Å². The second-order valence-corrected chi connectivity index (χ2v) is 4.76. The van der Waals surface area contributed by atoms with Gasteiger partial charge in [-0.3, -0.25) is 4.21 Å². The van der Waals surface area contributed by atoms with E-state index < -0.39 is 10.8 Å². The molecule has 12 heavy (non-hydrogen) atoms. The second kappa shape index (κ2) is 3.05. The van der Waals surface area contributed by atoms with Crippen molar-refractivity contribution in [1.82, 2.24) is 0 Å². The van der Waals surface area contributed by atoms with Gasteiger partial charge in [-0.15, -0.1) is 0 Å². The van der Waals surface area contributed by atoms with Crippen LogP contribution in [0.25, 0.3) is 0 Å². The molecule has 0 spiro atoms. The lowest BCUT2D eigenvalue weighted by molar-refractivity contribution is 0.525. The first-order valence-corrected chi connectivity index (χ1v) is 5.51. The van der Waals surface area contributed by atoms with Crippen LogP contribution in [-0.4, -0.2) is 9.96 Å². The Morgan fingerprint density at radius 2 is 2.42 bits per heavy atom. The first-order chi connectivity index (χ1) is 5.77. The molecule has 2 rings (SSSR count). The summed E-state index contributed by atoms with van der Waals surface area (Å²) in [6.45, 7) is 1.86. The topological polar surface area (TPSA) is 30.2 Å². The predicted octanol–water partition coefficient (Wildman–Crippen LogP) is 2.11. The summed E-state index contributed by atoms with van der Waals surface area (Å²) in [6.07, 6.45) is 4.11. The average Bonchev–Trinajstić information content (AvgIpc) is 2.72. The molecule has 0 aromatic carbocycles. The van der Waals surface area contributed by atoms with E-state index in [2.05, 4.69) is 0 Å². The third kappa shape index (κ3) is 1.61. The Bertz CT molecular complexity index is 299. The Labute approximate surface area is 74.4 Å². The molecule has 0 aliphatic heterocycles. The van der Waals surface area contributed by atoms with Crippen LogP contribution in [0.3, 0.4) is 0 Å². The fraction of sp³-hybridized carbons (Fsp3) is 0.556. The highest BCUT2D eigenvalue weighted by Crippen LogP contribution is 2.31. The molecular formula is C9H12O2S. The van der Waals surface area contributed by atoms with Crippen LogP contribution in [0.2, 0.25) is 0 Å². The van der Waals surface area contributed by atoms with Crippen LogP contribution in [0.4, 0.5) is 0 Å². The van der Waals surface area contributed by atoms with Gasteiger partial charge in [0.15, 0.2) is 0 Å². The molecule has 1 unspecified atom stereocenters. The van der Waals surface area contributed by atoms with Crippen molar-refractivity contribution in [3.63, 3.8) is 0 Å². The van der Waals surface area contributed by atoms with Crippen LogP contribution in [-0.2, 0) is 10.8 Å². The van der Waals surface area contributed by atoms with Gasteiger partial charge >= 0.3 is 0 Å². The van der Waals surface area contributed by atoms with Crippen molar-refractivity contribution < 1.29 is 8.63 Å². The quantitative estimate of drug-likeness (QED) is 0.720. The fourth-order valence-electron chi connectivity index (χ4n) is 1.20. The van der Waals surface area contributed by atoms with Gasteiger partial charge in [-0.2, -0.15) is 0 Å². The Kier molecular flexibility index (Phi) is 2.05. The maximum atomic E-state index is 11.6. The van der Waals surface area contributed by atoms with Gasteiger partial charge in [-0.1, -0.05) is 0 Å². The summed E-state index contributed by atoms with van der Waals surface area (Å²) in [5, 5.41) is 0. The van der Waals surface area contributed by atoms with Crippen LogP contribution in [0.1, 0.15) is 18.6 Å². The smallest absolute Gasteiger partial charge is 0.116 e. The van der Waals surface area contributed by atoms with Gasteiger partial charge in [-0.05, 0) is 31.7 Å². The van der Waals surface area contributed by atoms with Gasteiger partial charge in [0.05, 0.1) is 22.0 Å². The minimum Gasteiger partial charge on any atom is -0.468 e. The van der Waals surface area contributed by atoms with Crippen LogP contribution in [0, 0.1) is 12.8 Å². The van der Waals surface area contributed by atoms with Gasteiger partial charge in [-0.25, -0.2) is 0 Å². The van der Waals surface area contributed by atoms with Crippen molar-refractivity contribution in [3.8, 4) is 0 Å². The van der Waals surface area contributed by atoms with Crippen molar-refractivity contribution in [2.75, 3.05) is 5.75 Å². The Morgan fingerprint density at radius 1 is 1.67 bits per heavy atom. The SMILES string of the molecule is Cc1occc1S(=O)CC1CC1. The fourth-order valence-corrected chi connectivity index (χ4v) is 2.71. The molecule has 1 aliphatic carbocycles. The van der Waals surface area contributed by atoms with Crippen LogP contribution in [0.5, 0.6) is 0 Å². The van der Waals surface area contributed by atoms with Crippen molar-refractivity contribution in [2.45, 2.75) is 24.7 Å². The molecule has 1 saturated carbocycles. The van der Waals surface area contributed by atoms with Crippen molar-refractivity contribution in [1.29, 1.82) is 0 Å². The van der Waals surface area contributed by atoms with Gasteiger partial charge in [0.25, 0.3) is 0 Å². The summed E-state index contributed by atoms with van der Waals surface area (Å²) < 4.78 is 16.7. The highest BCUT2D eigenvalue weighted by molar-refractivity contribution is 7.85.